The van der Waals surface area contributed by atoms with Crippen LogP contribution in [0.15, 0.2) is 24.3 Å². The molecule has 0 aromatic rings. The average Bonchev–Trinajstić information content (AvgIpc) is 2.33. The van der Waals surface area contributed by atoms with Crippen LogP contribution in [0.3, 0.4) is 0 Å². The standard InChI is InChI=1S/C15H24O2/c1-10(9-16)12-4-6-15(3)7-5-14(17)11(2)13(15)8-12/h12-14,16-17H,1-2,4-9H2,3H3. The maximum atomic E-state index is 9.94. The lowest BCUT2D eigenvalue weighted by atomic mass is 9.56. The van der Waals surface area contributed by atoms with Gasteiger partial charge in [-0.3, -0.25) is 0 Å². The molecule has 2 saturated carbocycles. The fourth-order valence-corrected chi connectivity index (χ4v) is 3.65. The zero-order chi connectivity index (χ0) is 12.6. The van der Waals surface area contributed by atoms with E-state index in [9.17, 15) is 10.2 Å². The predicted octanol–water partition coefficient (Wildman–Crippen LogP) is 2.67. The van der Waals surface area contributed by atoms with Crippen molar-refractivity contribution in [2.75, 3.05) is 6.61 Å². The minimum atomic E-state index is -0.325. The van der Waals surface area contributed by atoms with Crippen molar-refractivity contribution < 1.29 is 10.2 Å². The van der Waals surface area contributed by atoms with Crippen LogP contribution in [-0.4, -0.2) is 22.9 Å². The molecule has 4 unspecified atom stereocenters. The van der Waals surface area contributed by atoms with E-state index < -0.39 is 0 Å². The van der Waals surface area contributed by atoms with Crippen LogP contribution in [0.2, 0.25) is 0 Å². The number of rotatable bonds is 2. The van der Waals surface area contributed by atoms with Crippen LogP contribution in [0.1, 0.15) is 39.0 Å². The minimum Gasteiger partial charge on any atom is -0.392 e. The van der Waals surface area contributed by atoms with Crippen molar-refractivity contribution in [2.24, 2.45) is 17.3 Å². The number of aliphatic hydroxyl groups excluding tert-OH is 2. The molecular formula is C15H24O2. The number of aliphatic hydroxyl groups is 2. The second kappa shape index (κ2) is 4.58. The molecule has 2 heteroatoms. The summed E-state index contributed by atoms with van der Waals surface area (Å²) in [4.78, 5) is 0. The van der Waals surface area contributed by atoms with E-state index in [0.717, 1.165) is 43.3 Å². The Morgan fingerprint density at radius 1 is 1.41 bits per heavy atom. The molecule has 0 aromatic carbocycles. The van der Waals surface area contributed by atoms with Crippen LogP contribution in [0, 0.1) is 17.3 Å². The van der Waals surface area contributed by atoms with Gasteiger partial charge < -0.3 is 10.2 Å². The first kappa shape index (κ1) is 12.8. The average molecular weight is 236 g/mol. The quantitative estimate of drug-likeness (QED) is 0.724. The zero-order valence-corrected chi connectivity index (χ0v) is 10.8. The lowest BCUT2D eigenvalue weighted by molar-refractivity contribution is 0.0303. The molecule has 4 atom stereocenters. The van der Waals surface area contributed by atoms with E-state index in [2.05, 4.69) is 20.1 Å². The van der Waals surface area contributed by atoms with E-state index >= 15 is 0 Å². The molecule has 2 rings (SSSR count). The topological polar surface area (TPSA) is 40.5 Å². The molecule has 0 spiro atoms. The summed E-state index contributed by atoms with van der Waals surface area (Å²) in [6.07, 6.45) is 4.91. The van der Waals surface area contributed by atoms with Gasteiger partial charge in [-0.2, -0.15) is 0 Å². The summed E-state index contributed by atoms with van der Waals surface area (Å²) in [5.74, 6) is 0.799. The normalized spacial score (nSPS) is 42.1. The van der Waals surface area contributed by atoms with E-state index in [0.29, 0.717) is 17.3 Å². The van der Waals surface area contributed by atoms with Crippen molar-refractivity contribution in [2.45, 2.75) is 45.1 Å². The van der Waals surface area contributed by atoms with E-state index in [-0.39, 0.29) is 12.7 Å². The molecule has 2 aliphatic rings. The lowest BCUT2D eigenvalue weighted by Gasteiger charge is -2.50. The predicted molar refractivity (Wildman–Crippen MR) is 69.5 cm³/mol. The Bertz CT molecular complexity index is 334. The molecule has 2 nitrogen and oxygen atoms in total. The van der Waals surface area contributed by atoms with Gasteiger partial charge in [0.25, 0.3) is 0 Å². The third-order valence-corrected chi connectivity index (χ3v) is 5.07. The van der Waals surface area contributed by atoms with Gasteiger partial charge in [-0.05, 0) is 60.5 Å². The molecule has 0 saturated heterocycles. The minimum absolute atomic E-state index is 0.0864. The smallest absolute Gasteiger partial charge is 0.0750 e. The van der Waals surface area contributed by atoms with E-state index in [1.807, 2.05) is 0 Å². The third-order valence-electron chi connectivity index (χ3n) is 5.07. The largest absolute Gasteiger partial charge is 0.392 e. The molecule has 96 valence electrons. The van der Waals surface area contributed by atoms with Crippen molar-refractivity contribution in [1.29, 1.82) is 0 Å². The summed E-state index contributed by atoms with van der Waals surface area (Å²) in [6, 6.07) is 0. The van der Waals surface area contributed by atoms with Crippen molar-refractivity contribution in [1.82, 2.24) is 0 Å². The first-order valence-corrected chi connectivity index (χ1v) is 6.63. The van der Waals surface area contributed by atoms with Crippen molar-refractivity contribution in [3.63, 3.8) is 0 Å². The molecular weight excluding hydrogens is 212 g/mol. The zero-order valence-electron chi connectivity index (χ0n) is 10.8. The maximum absolute atomic E-state index is 9.94. The van der Waals surface area contributed by atoms with Crippen molar-refractivity contribution in [3.05, 3.63) is 24.3 Å². The van der Waals surface area contributed by atoms with Crippen LogP contribution in [0.25, 0.3) is 0 Å². The highest BCUT2D eigenvalue weighted by Gasteiger charge is 2.45. The molecule has 0 aromatic heterocycles. The van der Waals surface area contributed by atoms with Gasteiger partial charge >= 0.3 is 0 Å². The maximum Gasteiger partial charge on any atom is 0.0750 e. The second-order valence-electron chi connectivity index (χ2n) is 6.12. The molecule has 0 bridgehead atoms. The van der Waals surface area contributed by atoms with E-state index in [1.54, 1.807) is 0 Å². The molecule has 0 aliphatic heterocycles. The molecule has 0 amide bonds. The Labute approximate surface area is 104 Å². The van der Waals surface area contributed by atoms with Crippen LogP contribution >= 0.6 is 0 Å². The second-order valence-corrected chi connectivity index (χ2v) is 6.12. The van der Waals surface area contributed by atoms with Crippen LogP contribution in [0.5, 0.6) is 0 Å². The first-order chi connectivity index (χ1) is 7.98. The highest BCUT2D eigenvalue weighted by atomic mass is 16.3. The van der Waals surface area contributed by atoms with Crippen LogP contribution in [-0.2, 0) is 0 Å². The summed E-state index contributed by atoms with van der Waals surface area (Å²) in [5.41, 5.74) is 2.26. The van der Waals surface area contributed by atoms with Gasteiger partial charge in [0.1, 0.15) is 0 Å². The monoisotopic (exact) mass is 236 g/mol. The lowest BCUT2D eigenvalue weighted by Crippen LogP contribution is -2.42. The van der Waals surface area contributed by atoms with Gasteiger partial charge in [0.2, 0.25) is 0 Å². The SMILES string of the molecule is C=C(CO)C1CCC2(C)CCC(O)C(=C)C2C1. The Kier molecular flexibility index (Phi) is 3.46. The van der Waals surface area contributed by atoms with Crippen LogP contribution < -0.4 is 0 Å². The Balaban J connectivity index is 2.15. The first-order valence-electron chi connectivity index (χ1n) is 6.63. The van der Waals surface area contributed by atoms with Gasteiger partial charge in [-0.25, -0.2) is 0 Å². The van der Waals surface area contributed by atoms with Crippen molar-refractivity contribution >= 4 is 0 Å². The highest BCUT2D eigenvalue weighted by molar-refractivity contribution is 5.19. The molecule has 2 N–H and O–H groups in total. The Morgan fingerprint density at radius 2 is 2.06 bits per heavy atom. The summed E-state index contributed by atoms with van der Waals surface area (Å²) < 4.78 is 0. The molecule has 2 fully saturated rings. The fraction of sp³-hybridized carbons (Fsp3) is 0.733. The Hall–Kier alpha value is -0.600. The van der Waals surface area contributed by atoms with E-state index in [1.165, 1.54) is 0 Å². The van der Waals surface area contributed by atoms with Crippen molar-refractivity contribution in [3.8, 4) is 0 Å². The molecule has 0 heterocycles. The molecule has 2 aliphatic carbocycles. The van der Waals surface area contributed by atoms with Gasteiger partial charge in [0, 0.05) is 0 Å². The Morgan fingerprint density at radius 3 is 2.71 bits per heavy atom. The van der Waals surface area contributed by atoms with E-state index in [4.69, 9.17) is 0 Å². The van der Waals surface area contributed by atoms with Gasteiger partial charge in [-0.1, -0.05) is 20.1 Å². The third kappa shape index (κ3) is 2.21. The number of fused-ring (bicyclic) bond motifs is 1. The highest BCUT2D eigenvalue weighted by Crippen LogP contribution is 2.54. The fourth-order valence-electron chi connectivity index (χ4n) is 3.65. The summed E-state index contributed by atoms with van der Waals surface area (Å²) in [7, 11) is 0. The molecule has 0 radical (unpaired) electrons. The summed E-state index contributed by atoms with van der Waals surface area (Å²) in [5, 5.41) is 19.1. The van der Waals surface area contributed by atoms with Gasteiger partial charge in [0.15, 0.2) is 0 Å². The van der Waals surface area contributed by atoms with Crippen LogP contribution in [0.4, 0.5) is 0 Å². The summed E-state index contributed by atoms with van der Waals surface area (Å²) >= 11 is 0. The van der Waals surface area contributed by atoms with Gasteiger partial charge in [-0.15, -0.1) is 0 Å². The molecule has 17 heavy (non-hydrogen) atoms. The van der Waals surface area contributed by atoms with Gasteiger partial charge in [0.05, 0.1) is 12.7 Å². The number of hydrogen-bond acceptors (Lipinski definition) is 2. The summed E-state index contributed by atoms with van der Waals surface area (Å²) in [6.45, 7) is 10.5. The number of hydrogen-bond donors (Lipinski definition) is 2.